The number of nitrogens with one attached hydrogen (secondary N) is 2. The first-order chi connectivity index (χ1) is 14.6. The average molecular weight is 406 g/mol. The van der Waals surface area contributed by atoms with Crippen LogP contribution in [0.3, 0.4) is 0 Å². The van der Waals surface area contributed by atoms with Gasteiger partial charge in [0.05, 0.1) is 18.0 Å². The van der Waals surface area contributed by atoms with Crippen LogP contribution in [-0.2, 0) is 24.4 Å². The number of aromatic nitrogens is 2. The third kappa shape index (κ3) is 5.48. The SMILES string of the molecule is CCOCc1ccccc1CNC(=NC)NCc1ccccc1-n1nc(C)cc1C. The van der Waals surface area contributed by atoms with E-state index in [2.05, 4.69) is 58.0 Å². The van der Waals surface area contributed by atoms with Crippen molar-refractivity contribution in [1.29, 1.82) is 0 Å². The third-order valence-corrected chi connectivity index (χ3v) is 4.93. The van der Waals surface area contributed by atoms with Gasteiger partial charge < -0.3 is 15.4 Å². The molecule has 0 saturated heterocycles. The highest BCUT2D eigenvalue weighted by atomic mass is 16.5. The summed E-state index contributed by atoms with van der Waals surface area (Å²) in [4.78, 5) is 4.37. The topological polar surface area (TPSA) is 63.5 Å². The van der Waals surface area contributed by atoms with Crippen LogP contribution >= 0.6 is 0 Å². The van der Waals surface area contributed by atoms with Crippen molar-refractivity contribution in [3.8, 4) is 5.69 Å². The molecule has 3 aromatic rings. The summed E-state index contributed by atoms with van der Waals surface area (Å²) in [5, 5.41) is 11.5. The Kier molecular flexibility index (Phi) is 7.63. The van der Waals surface area contributed by atoms with Gasteiger partial charge in [0, 0.05) is 32.4 Å². The van der Waals surface area contributed by atoms with Crippen molar-refractivity contribution in [2.45, 2.75) is 40.5 Å². The zero-order chi connectivity index (χ0) is 21.3. The molecule has 0 spiro atoms. The highest BCUT2D eigenvalue weighted by Gasteiger charge is 2.09. The molecule has 6 heteroatoms. The van der Waals surface area contributed by atoms with Gasteiger partial charge in [-0.2, -0.15) is 5.10 Å². The molecule has 0 aliphatic heterocycles. The van der Waals surface area contributed by atoms with E-state index in [4.69, 9.17) is 4.74 Å². The zero-order valence-electron chi connectivity index (χ0n) is 18.3. The predicted molar refractivity (Wildman–Crippen MR) is 122 cm³/mol. The maximum absolute atomic E-state index is 5.58. The van der Waals surface area contributed by atoms with Gasteiger partial charge in [-0.05, 0) is 49.6 Å². The largest absolute Gasteiger partial charge is 0.377 e. The van der Waals surface area contributed by atoms with Gasteiger partial charge >= 0.3 is 0 Å². The van der Waals surface area contributed by atoms with Crippen molar-refractivity contribution >= 4 is 5.96 Å². The lowest BCUT2D eigenvalue weighted by atomic mass is 10.1. The Morgan fingerprint density at radius 2 is 1.60 bits per heavy atom. The fraction of sp³-hybridized carbons (Fsp3) is 0.333. The first-order valence-electron chi connectivity index (χ1n) is 10.3. The first kappa shape index (κ1) is 21.6. The molecule has 2 N–H and O–H groups in total. The summed E-state index contributed by atoms with van der Waals surface area (Å²) in [6.07, 6.45) is 0. The Bertz CT molecular complexity index is 993. The van der Waals surface area contributed by atoms with E-state index in [0.29, 0.717) is 26.3 Å². The van der Waals surface area contributed by atoms with Gasteiger partial charge in [0.15, 0.2) is 5.96 Å². The molecule has 1 heterocycles. The lowest BCUT2D eigenvalue weighted by Gasteiger charge is -2.16. The van der Waals surface area contributed by atoms with E-state index >= 15 is 0 Å². The predicted octanol–water partition coefficient (Wildman–Crippen LogP) is 3.89. The molecule has 6 nitrogen and oxygen atoms in total. The molecule has 0 radical (unpaired) electrons. The molecular weight excluding hydrogens is 374 g/mol. The number of guanidine groups is 1. The second-order valence-corrected chi connectivity index (χ2v) is 7.15. The monoisotopic (exact) mass is 405 g/mol. The number of hydrogen-bond acceptors (Lipinski definition) is 3. The molecule has 2 aromatic carbocycles. The molecule has 1 aromatic heterocycles. The number of aliphatic imine (C=N–C) groups is 1. The van der Waals surface area contributed by atoms with Crippen LogP contribution in [0.25, 0.3) is 5.69 Å². The highest BCUT2D eigenvalue weighted by Crippen LogP contribution is 2.17. The average Bonchev–Trinajstić information content (AvgIpc) is 3.11. The molecule has 30 heavy (non-hydrogen) atoms. The van der Waals surface area contributed by atoms with E-state index < -0.39 is 0 Å². The molecule has 0 bridgehead atoms. The molecule has 158 valence electrons. The fourth-order valence-electron chi connectivity index (χ4n) is 3.40. The number of aryl methyl sites for hydroxylation is 2. The van der Waals surface area contributed by atoms with Gasteiger partial charge in [-0.15, -0.1) is 0 Å². The van der Waals surface area contributed by atoms with E-state index in [9.17, 15) is 0 Å². The highest BCUT2D eigenvalue weighted by molar-refractivity contribution is 5.79. The van der Waals surface area contributed by atoms with Gasteiger partial charge in [0.2, 0.25) is 0 Å². The molecule has 0 amide bonds. The lowest BCUT2D eigenvalue weighted by Crippen LogP contribution is -2.36. The van der Waals surface area contributed by atoms with Crippen LogP contribution in [-0.4, -0.2) is 29.4 Å². The maximum Gasteiger partial charge on any atom is 0.191 e. The van der Waals surface area contributed by atoms with Crippen molar-refractivity contribution in [2.24, 2.45) is 4.99 Å². The van der Waals surface area contributed by atoms with Crippen LogP contribution in [0.2, 0.25) is 0 Å². The van der Waals surface area contributed by atoms with E-state index in [1.165, 1.54) is 11.1 Å². The Morgan fingerprint density at radius 1 is 0.967 bits per heavy atom. The minimum Gasteiger partial charge on any atom is -0.377 e. The Balaban J connectivity index is 1.66. The quantitative estimate of drug-likeness (QED) is 0.441. The number of nitrogens with zero attached hydrogens (tertiary/aromatic N) is 3. The van der Waals surface area contributed by atoms with Crippen LogP contribution in [0.4, 0.5) is 0 Å². The number of rotatable bonds is 8. The van der Waals surface area contributed by atoms with Crippen LogP contribution in [0.1, 0.15) is 35.0 Å². The first-order valence-corrected chi connectivity index (χ1v) is 10.3. The molecule has 0 atom stereocenters. The molecule has 3 rings (SSSR count). The minimum absolute atomic E-state index is 0.621. The zero-order valence-corrected chi connectivity index (χ0v) is 18.3. The summed E-state index contributed by atoms with van der Waals surface area (Å²) in [5.74, 6) is 0.754. The van der Waals surface area contributed by atoms with Crippen molar-refractivity contribution in [3.63, 3.8) is 0 Å². The van der Waals surface area contributed by atoms with Gasteiger partial charge in [0.25, 0.3) is 0 Å². The second-order valence-electron chi connectivity index (χ2n) is 7.15. The molecule has 0 unspecified atom stereocenters. The molecular formula is C24H31N5O. The van der Waals surface area contributed by atoms with Crippen LogP contribution in [0, 0.1) is 13.8 Å². The number of benzene rings is 2. The van der Waals surface area contributed by atoms with Crippen molar-refractivity contribution < 1.29 is 4.74 Å². The van der Waals surface area contributed by atoms with E-state index in [-0.39, 0.29) is 0 Å². The smallest absolute Gasteiger partial charge is 0.191 e. The van der Waals surface area contributed by atoms with Crippen molar-refractivity contribution in [3.05, 3.63) is 82.7 Å². The van der Waals surface area contributed by atoms with Crippen molar-refractivity contribution in [2.75, 3.05) is 13.7 Å². The van der Waals surface area contributed by atoms with E-state index in [1.807, 2.05) is 42.8 Å². The van der Waals surface area contributed by atoms with E-state index in [1.54, 1.807) is 7.05 Å². The minimum atomic E-state index is 0.621. The Hall–Kier alpha value is -3.12. The summed E-state index contributed by atoms with van der Waals surface area (Å²) in [6, 6.07) is 18.7. The van der Waals surface area contributed by atoms with Crippen LogP contribution in [0.15, 0.2) is 59.6 Å². The Morgan fingerprint density at radius 3 is 2.23 bits per heavy atom. The van der Waals surface area contributed by atoms with Gasteiger partial charge in [0.1, 0.15) is 0 Å². The fourth-order valence-corrected chi connectivity index (χ4v) is 3.40. The van der Waals surface area contributed by atoms with Crippen molar-refractivity contribution in [1.82, 2.24) is 20.4 Å². The maximum atomic E-state index is 5.58. The van der Waals surface area contributed by atoms with E-state index in [0.717, 1.165) is 28.6 Å². The lowest BCUT2D eigenvalue weighted by molar-refractivity contribution is 0.133. The summed E-state index contributed by atoms with van der Waals surface area (Å²) >= 11 is 0. The standard InChI is InChI=1S/C24H31N5O/c1-5-30-17-22-12-7-6-10-20(22)15-26-24(25-4)27-16-21-11-8-9-13-23(21)29-19(3)14-18(2)28-29/h6-14H,5,15-17H2,1-4H3,(H2,25,26,27). The number of ether oxygens (including phenoxy) is 1. The summed E-state index contributed by atoms with van der Waals surface area (Å²) in [6.45, 7) is 8.76. The molecule has 0 fully saturated rings. The summed E-state index contributed by atoms with van der Waals surface area (Å²) < 4.78 is 7.58. The second kappa shape index (κ2) is 10.6. The van der Waals surface area contributed by atoms with Crippen LogP contribution < -0.4 is 10.6 Å². The summed E-state index contributed by atoms with van der Waals surface area (Å²) in [5.41, 5.74) is 6.76. The van der Waals surface area contributed by atoms with Gasteiger partial charge in [-0.1, -0.05) is 42.5 Å². The number of para-hydroxylation sites is 1. The van der Waals surface area contributed by atoms with Gasteiger partial charge in [-0.3, -0.25) is 4.99 Å². The number of hydrogen-bond donors (Lipinski definition) is 2. The molecule has 0 saturated carbocycles. The Labute approximate surface area is 179 Å². The van der Waals surface area contributed by atoms with Gasteiger partial charge in [-0.25, -0.2) is 4.68 Å². The third-order valence-electron chi connectivity index (χ3n) is 4.93. The molecule has 0 aliphatic rings. The summed E-state index contributed by atoms with van der Waals surface area (Å²) in [7, 11) is 1.79. The van der Waals surface area contributed by atoms with Crippen LogP contribution in [0.5, 0.6) is 0 Å². The molecule has 0 aliphatic carbocycles. The normalized spacial score (nSPS) is 11.5.